The zero-order valence-electron chi connectivity index (χ0n) is 9.50. The predicted octanol–water partition coefficient (Wildman–Crippen LogP) is 2.27. The van der Waals surface area contributed by atoms with Gasteiger partial charge in [-0.05, 0) is 58.0 Å². The fourth-order valence-corrected chi connectivity index (χ4v) is 2.36. The molecule has 1 heterocycles. The highest BCUT2D eigenvalue weighted by Crippen LogP contribution is 2.24. The van der Waals surface area contributed by atoms with Crippen molar-refractivity contribution in [3.05, 3.63) is 21.9 Å². The molecule has 0 amide bonds. The van der Waals surface area contributed by atoms with Crippen molar-refractivity contribution in [2.45, 2.75) is 19.4 Å². The average Bonchev–Trinajstić information content (AvgIpc) is 2.53. The number of hydrogen-bond acceptors (Lipinski definition) is 3. The topological polar surface area (TPSA) is 15.3 Å². The molecule has 1 aromatic heterocycles. The van der Waals surface area contributed by atoms with Gasteiger partial charge in [0.15, 0.2) is 0 Å². The zero-order valence-corrected chi connectivity index (χ0v) is 10.3. The Labute approximate surface area is 90.9 Å². The van der Waals surface area contributed by atoms with Gasteiger partial charge in [-0.25, -0.2) is 0 Å². The highest BCUT2D eigenvalue weighted by Gasteiger charge is 2.12. The van der Waals surface area contributed by atoms with Crippen LogP contribution in [0.1, 0.15) is 22.9 Å². The van der Waals surface area contributed by atoms with Crippen molar-refractivity contribution in [3.63, 3.8) is 0 Å². The molecule has 0 bridgehead atoms. The number of nitrogens with one attached hydrogen (secondary N) is 1. The van der Waals surface area contributed by atoms with Crippen molar-refractivity contribution in [3.8, 4) is 0 Å². The Hall–Kier alpha value is -0.380. The maximum absolute atomic E-state index is 3.38. The summed E-state index contributed by atoms with van der Waals surface area (Å²) in [6.45, 7) is 3.32. The second-order valence-corrected chi connectivity index (χ2v) is 4.99. The Morgan fingerprint density at radius 1 is 1.50 bits per heavy atom. The van der Waals surface area contributed by atoms with Crippen molar-refractivity contribution < 1.29 is 0 Å². The van der Waals surface area contributed by atoms with E-state index in [4.69, 9.17) is 0 Å². The Kier molecular flexibility index (Phi) is 4.58. The number of thiophene rings is 1. The molecule has 1 unspecified atom stereocenters. The first-order valence-electron chi connectivity index (χ1n) is 5.01. The summed E-state index contributed by atoms with van der Waals surface area (Å²) in [5.74, 6) is 0. The number of rotatable bonds is 5. The van der Waals surface area contributed by atoms with Crippen LogP contribution in [0.3, 0.4) is 0 Å². The van der Waals surface area contributed by atoms with Crippen LogP contribution < -0.4 is 5.32 Å². The van der Waals surface area contributed by atoms with E-state index >= 15 is 0 Å². The van der Waals surface area contributed by atoms with Gasteiger partial charge < -0.3 is 10.2 Å². The Balaban J connectivity index is 2.58. The molecule has 0 fully saturated rings. The summed E-state index contributed by atoms with van der Waals surface area (Å²) in [7, 11) is 6.28. The number of hydrogen-bond donors (Lipinski definition) is 1. The predicted molar refractivity (Wildman–Crippen MR) is 64.0 cm³/mol. The zero-order chi connectivity index (χ0) is 10.6. The molecule has 0 aliphatic rings. The first-order valence-corrected chi connectivity index (χ1v) is 5.89. The third-order valence-corrected chi connectivity index (χ3v) is 3.35. The minimum atomic E-state index is 0.503. The molecule has 1 atom stereocenters. The van der Waals surface area contributed by atoms with Gasteiger partial charge in [-0.15, -0.1) is 11.3 Å². The normalized spacial score (nSPS) is 13.5. The monoisotopic (exact) mass is 212 g/mol. The standard InChI is InChI=1S/C11H20N2S/c1-9-10(6-8-14-9)11(12-2)5-7-13(3)4/h6,8,11-12H,5,7H2,1-4H3. The maximum atomic E-state index is 3.38. The molecule has 0 saturated heterocycles. The van der Waals surface area contributed by atoms with Gasteiger partial charge in [0.1, 0.15) is 0 Å². The van der Waals surface area contributed by atoms with Crippen LogP contribution >= 0.6 is 11.3 Å². The molecule has 0 saturated carbocycles. The lowest BCUT2D eigenvalue weighted by atomic mass is 10.1. The van der Waals surface area contributed by atoms with Crippen LogP contribution in [-0.4, -0.2) is 32.6 Å². The molecular formula is C11H20N2S. The first kappa shape index (κ1) is 11.7. The van der Waals surface area contributed by atoms with E-state index in [1.54, 1.807) is 0 Å². The van der Waals surface area contributed by atoms with Gasteiger partial charge in [0.2, 0.25) is 0 Å². The van der Waals surface area contributed by atoms with Crippen molar-refractivity contribution in [1.29, 1.82) is 0 Å². The van der Waals surface area contributed by atoms with Crippen LogP contribution in [0.25, 0.3) is 0 Å². The largest absolute Gasteiger partial charge is 0.313 e. The van der Waals surface area contributed by atoms with Crippen LogP contribution in [0.2, 0.25) is 0 Å². The highest BCUT2D eigenvalue weighted by atomic mass is 32.1. The quantitative estimate of drug-likeness (QED) is 0.805. The lowest BCUT2D eigenvalue weighted by Crippen LogP contribution is -2.22. The van der Waals surface area contributed by atoms with Crippen LogP contribution in [-0.2, 0) is 0 Å². The summed E-state index contributed by atoms with van der Waals surface area (Å²) in [6.07, 6.45) is 1.17. The van der Waals surface area contributed by atoms with Crippen LogP contribution in [0.15, 0.2) is 11.4 Å². The maximum Gasteiger partial charge on any atom is 0.0340 e. The van der Waals surface area contributed by atoms with Crippen molar-refractivity contribution in [2.24, 2.45) is 0 Å². The fourth-order valence-electron chi connectivity index (χ4n) is 1.60. The van der Waals surface area contributed by atoms with Crippen molar-refractivity contribution >= 4 is 11.3 Å². The summed E-state index contributed by atoms with van der Waals surface area (Å²) >= 11 is 1.83. The molecule has 2 nitrogen and oxygen atoms in total. The molecule has 1 N–H and O–H groups in total. The summed E-state index contributed by atoms with van der Waals surface area (Å²) < 4.78 is 0. The van der Waals surface area contributed by atoms with Crippen molar-refractivity contribution in [2.75, 3.05) is 27.7 Å². The third kappa shape index (κ3) is 3.08. The smallest absolute Gasteiger partial charge is 0.0340 e. The van der Waals surface area contributed by atoms with E-state index in [-0.39, 0.29) is 0 Å². The molecule has 0 radical (unpaired) electrons. The van der Waals surface area contributed by atoms with Gasteiger partial charge in [-0.1, -0.05) is 0 Å². The van der Waals surface area contributed by atoms with Gasteiger partial charge in [-0.2, -0.15) is 0 Å². The molecule has 14 heavy (non-hydrogen) atoms. The van der Waals surface area contributed by atoms with Crippen LogP contribution in [0.4, 0.5) is 0 Å². The average molecular weight is 212 g/mol. The number of aryl methyl sites for hydroxylation is 1. The second kappa shape index (κ2) is 5.49. The number of nitrogens with zero attached hydrogens (tertiary/aromatic N) is 1. The minimum Gasteiger partial charge on any atom is -0.313 e. The van der Waals surface area contributed by atoms with E-state index in [0.717, 1.165) is 6.54 Å². The minimum absolute atomic E-state index is 0.503. The fraction of sp³-hybridized carbons (Fsp3) is 0.636. The Bertz CT molecular complexity index is 268. The van der Waals surface area contributed by atoms with Crippen LogP contribution in [0, 0.1) is 6.92 Å². The lowest BCUT2D eigenvalue weighted by Gasteiger charge is -2.18. The molecule has 0 aliphatic heterocycles. The molecule has 0 aliphatic carbocycles. The molecule has 0 aromatic carbocycles. The van der Waals surface area contributed by atoms with Gasteiger partial charge in [0.25, 0.3) is 0 Å². The van der Waals surface area contributed by atoms with E-state index in [0.29, 0.717) is 6.04 Å². The highest BCUT2D eigenvalue weighted by molar-refractivity contribution is 7.10. The van der Waals surface area contributed by atoms with E-state index in [1.165, 1.54) is 16.9 Å². The van der Waals surface area contributed by atoms with Gasteiger partial charge >= 0.3 is 0 Å². The van der Waals surface area contributed by atoms with Gasteiger partial charge in [-0.3, -0.25) is 0 Å². The van der Waals surface area contributed by atoms with E-state index in [1.807, 2.05) is 18.4 Å². The Morgan fingerprint density at radius 2 is 2.21 bits per heavy atom. The lowest BCUT2D eigenvalue weighted by molar-refractivity contribution is 0.368. The molecule has 1 rings (SSSR count). The van der Waals surface area contributed by atoms with Gasteiger partial charge in [0.05, 0.1) is 0 Å². The third-order valence-electron chi connectivity index (χ3n) is 2.49. The molecule has 1 aromatic rings. The SMILES string of the molecule is CNC(CCN(C)C)c1ccsc1C. The van der Waals surface area contributed by atoms with E-state index in [9.17, 15) is 0 Å². The molecule has 3 heteroatoms. The first-order chi connectivity index (χ1) is 6.65. The second-order valence-electron chi connectivity index (χ2n) is 3.87. The summed E-state index contributed by atoms with van der Waals surface area (Å²) in [6, 6.07) is 2.74. The van der Waals surface area contributed by atoms with Gasteiger partial charge in [0, 0.05) is 10.9 Å². The van der Waals surface area contributed by atoms with E-state index < -0.39 is 0 Å². The summed E-state index contributed by atoms with van der Waals surface area (Å²) in [5.41, 5.74) is 1.46. The molecule has 0 spiro atoms. The molecular weight excluding hydrogens is 192 g/mol. The summed E-state index contributed by atoms with van der Waals surface area (Å²) in [4.78, 5) is 3.66. The summed E-state index contributed by atoms with van der Waals surface area (Å²) in [5, 5.41) is 5.55. The van der Waals surface area contributed by atoms with Crippen LogP contribution in [0.5, 0.6) is 0 Å². The molecule has 80 valence electrons. The van der Waals surface area contributed by atoms with Crippen molar-refractivity contribution in [1.82, 2.24) is 10.2 Å². The Morgan fingerprint density at radius 3 is 2.64 bits per heavy atom. The van der Waals surface area contributed by atoms with E-state index in [2.05, 4.69) is 42.7 Å².